The van der Waals surface area contributed by atoms with Gasteiger partial charge in [0.2, 0.25) is 0 Å². The molecule has 0 aliphatic carbocycles. The quantitative estimate of drug-likeness (QED) is 0.759. The molecular weight excluding hydrogens is 379 g/mol. The van der Waals surface area contributed by atoms with Crippen molar-refractivity contribution in [3.63, 3.8) is 0 Å². The zero-order chi connectivity index (χ0) is 14.0. The van der Waals surface area contributed by atoms with Gasteiger partial charge in [-0.2, -0.15) is 0 Å². The number of nitrogen functional groups attached to an aromatic ring is 1. The van der Waals surface area contributed by atoms with Crippen LogP contribution in [0, 0.1) is 5.82 Å². The molecule has 0 aliphatic heterocycles. The van der Waals surface area contributed by atoms with E-state index >= 15 is 0 Å². The van der Waals surface area contributed by atoms with Crippen LogP contribution in [-0.2, 0) is 0 Å². The van der Waals surface area contributed by atoms with Crippen molar-refractivity contribution in [1.82, 2.24) is 0 Å². The molecule has 2 aromatic carbocycles. The van der Waals surface area contributed by atoms with Crippen LogP contribution in [-0.4, -0.2) is 5.91 Å². The van der Waals surface area contributed by atoms with Crippen LogP contribution in [0.1, 0.15) is 10.4 Å². The van der Waals surface area contributed by atoms with Gasteiger partial charge in [0.05, 0.1) is 11.3 Å². The van der Waals surface area contributed by atoms with Crippen LogP contribution in [0.2, 0.25) is 0 Å². The van der Waals surface area contributed by atoms with E-state index in [-0.39, 0.29) is 17.2 Å². The second kappa shape index (κ2) is 5.71. The summed E-state index contributed by atoms with van der Waals surface area (Å²) in [4.78, 5) is 12.1. The van der Waals surface area contributed by atoms with Gasteiger partial charge in [0.25, 0.3) is 5.91 Å². The molecule has 0 unspecified atom stereocenters. The van der Waals surface area contributed by atoms with Crippen LogP contribution in [0.25, 0.3) is 0 Å². The van der Waals surface area contributed by atoms with Gasteiger partial charge in [-0.05, 0) is 52.3 Å². The van der Waals surface area contributed by atoms with Crippen molar-refractivity contribution in [2.24, 2.45) is 0 Å². The minimum Gasteiger partial charge on any atom is -0.396 e. The van der Waals surface area contributed by atoms with Crippen molar-refractivity contribution < 1.29 is 9.18 Å². The Morgan fingerprint density at radius 3 is 2.42 bits per heavy atom. The van der Waals surface area contributed by atoms with E-state index in [4.69, 9.17) is 5.73 Å². The Hall–Kier alpha value is -1.40. The standard InChI is InChI=1S/C13H9Br2FN2O/c14-7-1-3-8(4-2-7)18-13(19)9-5-12(17)11(16)6-10(9)15/h1-6H,17H2,(H,18,19). The smallest absolute Gasteiger partial charge is 0.256 e. The first-order valence-electron chi connectivity index (χ1n) is 5.29. The Kier molecular flexibility index (Phi) is 4.21. The lowest BCUT2D eigenvalue weighted by molar-refractivity contribution is 0.102. The molecule has 2 rings (SSSR count). The summed E-state index contributed by atoms with van der Waals surface area (Å²) in [5, 5.41) is 2.71. The topological polar surface area (TPSA) is 55.1 Å². The maximum absolute atomic E-state index is 13.2. The fourth-order valence-electron chi connectivity index (χ4n) is 1.47. The predicted octanol–water partition coefficient (Wildman–Crippen LogP) is 4.19. The first-order valence-corrected chi connectivity index (χ1v) is 6.87. The SMILES string of the molecule is Nc1cc(C(=O)Nc2ccc(Br)cc2)c(Br)cc1F. The lowest BCUT2D eigenvalue weighted by Gasteiger charge is -2.08. The Morgan fingerprint density at radius 1 is 1.16 bits per heavy atom. The second-order valence-electron chi connectivity index (χ2n) is 3.81. The molecule has 0 fully saturated rings. The number of benzene rings is 2. The van der Waals surface area contributed by atoms with Crippen molar-refractivity contribution >= 4 is 49.1 Å². The highest BCUT2D eigenvalue weighted by Crippen LogP contribution is 2.24. The van der Waals surface area contributed by atoms with E-state index < -0.39 is 5.82 Å². The summed E-state index contributed by atoms with van der Waals surface area (Å²) in [5.41, 5.74) is 6.31. The zero-order valence-corrected chi connectivity index (χ0v) is 12.8. The van der Waals surface area contributed by atoms with E-state index in [0.717, 1.165) is 4.47 Å². The number of rotatable bonds is 2. The number of halogens is 3. The van der Waals surface area contributed by atoms with Crippen LogP contribution >= 0.6 is 31.9 Å². The minimum absolute atomic E-state index is 0.0656. The molecule has 0 saturated carbocycles. The third kappa shape index (κ3) is 3.33. The first-order chi connectivity index (χ1) is 8.97. The third-order valence-electron chi connectivity index (χ3n) is 2.43. The van der Waals surface area contributed by atoms with Gasteiger partial charge in [-0.3, -0.25) is 4.79 Å². The lowest BCUT2D eigenvalue weighted by Crippen LogP contribution is -2.13. The number of anilines is 2. The average Bonchev–Trinajstić information content (AvgIpc) is 2.36. The van der Waals surface area contributed by atoms with Crippen LogP contribution in [0.3, 0.4) is 0 Å². The van der Waals surface area contributed by atoms with Crippen molar-refractivity contribution in [1.29, 1.82) is 0 Å². The fourth-order valence-corrected chi connectivity index (χ4v) is 2.23. The molecule has 0 aromatic heterocycles. The molecule has 2 aromatic rings. The van der Waals surface area contributed by atoms with Crippen LogP contribution < -0.4 is 11.1 Å². The van der Waals surface area contributed by atoms with Gasteiger partial charge in [-0.15, -0.1) is 0 Å². The van der Waals surface area contributed by atoms with Gasteiger partial charge in [0.1, 0.15) is 5.82 Å². The van der Waals surface area contributed by atoms with Crippen LogP contribution in [0.5, 0.6) is 0 Å². The highest BCUT2D eigenvalue weighted by Gasteiger charge is 2.13. The lowest BCUT2D eigenvalue weighted by atomic mass is 10.1. The minimum atomic E-state index is -0.563. The van der Waals surface area contributed by atoms with Gasteiger partial charge in [-0.25, -0.2) is 4.39 Å². The van der Waals surface area contributed by atoms with Crippen molar-refractivity contribution in [3.05, 3.63) is 56.7 Å². The summed E-state index contributed by atoms with van der Waals surface area (Å²) in [5.74, 6) is -0.923. The van der Waals surface area contributed by atoms with Crippen molar-refractivity contribution in [2.45, 2.75) is 0 Å². The molecule has 0 aliphatic rings. The fraction of sp³-hybridized carbons (Fsp3) is 0. The Balaban J connectivity index is 2.25. The van der Waals surface area contributed by atoms with E-state index in [1.807, 2.05) is 12.1 Å². The Bertz CT molecular complexity index is 629. The van der Waals surface area contributed by atoms with Crippen LogP contribution in [0.4, 0.5) is 15.8 Å². The summed E-state index contributed by atoms with van der Waals surface area (Å²) in [7, 11) is 0. The summed E-state index contributed by atoms with van der Waals surface area (Å²) >= 11 is 6.45. The van der Waals surface area contributed by atoms with Crippen molar-refractivity contribution in [3.8, 4) is 0 Å². The van der Waals surface area contributed by atoms with E-state index in [0.29, 0.717) is 10.2 Å². The number of hydrogen-bond acceptors (Lipinski definition) is 2. The van der Waals surface area contributed by atoms with E-state index in [1.54, 1.807) is 12.1 Å². The molecule has 3 N–H and O–H groups in total. The average molecular weight is 388 g/mol. The largest absolute Gasteiger partial charge is 0.396 e. The van der Waals surface area contributed by atoms with Gasteiger partial charge < -0.3 is 11.1 Å². The third-order valence-corrected chi connectivity index (χ3v) is 3.62. The molecule has 0 atom stereocenters. The zero-order valence-electron chi connectivity index (χ0n) is 9.58. The normalized spacial score (nSPS) is 10.3. The first kappa shape index (κ1) is 14.0. The number of carbonyl (C=O) groups excluding carboxylic acids is 1. The van der Waals surface area contributed by atoms with Crippen molar-refractivity contribution in [2.75, 3.05) is 11.1 Å². The highest BCUT2D eigenvalue weighted by molar-refractivity contribution is 9.10. The number of nitrogens with one attached hydrogen (secondary N) is 1. The van der Waals surface area contributed by atoms with Gasteiger partial charge in [-0.1, -0.05) is 15.9 Å². The number of amides is 1. The van der Waals surface area contributed by atoms with Gasteiger partial charge in [0.15, 0.2) is 0 Å². The molecule has 0 bridgehead atoms. The highest BCUT2D eigenvalue weighted by atomic mass is 79.9. The number of nitrogens with two attached hydrogens (primary N) is 1. The predicted molar refractivity (Wildman–Crippen MR) is 80.6 cm³/mol. The van der Waals surface area contributed by atoms with E-state index in [9.17, 15) is 9.18 Å². The van der Waals surface area contributed by atoms with Gasteiger partial charge >= 0.3 is 0 Å². The Labute approximate surface area is 126 Å². The van der Waals surface area contributed by atoms with Gasteiger partial charge in [0, 0.05) is 14.6 Å². The summed E-state index contributed by atoms with van der Waals surface area (Å²) < 4.78 is 14.5. The molecule has 1 amide bonds. The summed E-state index contributed by atoms with van der Waals surface area (Å²) in [6.45, 7) is 0. The summed E-state index contributed by atoms with van der Waals surface area (Å²) in [6.07, 6.45) is 0. The molecular formula is C13H9Br2FN2O. The maximum atomic E-state index is 13.2. The summed E-state index contributed by atoms with van der Waals surface area (Å²) in [6, 6.07) is 9.60. The molecule has 6 heteroatoms. The molecule has 0 radical (unpaired) electrons. The maximum Gasteiger partial charge on any atom is 0.256 e. The molecule has 98 valence electrons. The Morgan fingerprint density at radius 2 is 1.79 bits per heavy atom. The number of carbonyl (C=O) groups is 1. The molecule has 3 nitrogen and oxygen atoms in total. The molecule has 0 heterocycles. The molecule has 0 saturated heterocycles. The van der Waals surface area contributed by atoms with E-state index in [1.165, 1.54) is 12.1 Å². The number of hydrogen-bond donors (Lipinski definition) is 2. The molecule has 19 heavy (non-hydrogen) atoms. The monoisotopic (exact) mass is 386 g/mol. The van der Waals surface area contributed by atoms with E-state index in [2.05, 4.69) is 37.2 Å². The molecule has 0 spiro atoms. The van der Waals surface area contributed by atoms with Crippen LogP contribution in [0.15, 0.2) is 45.3 Å². The second-order valence-corrected chi connectivity index (χ2v) is 5.58.